The average molecular weight is 360 g/mol. The minimum absolute atomic E-state index is 0.106. The number of carbonyl (C=O) groups excluding carboxylic acids is 1. The molecule has 0 bridgehead atoms. The zero-order valence-electron chi connectivity index (χ0n) is 15.0. The summed E-state index contributed by atoms with van der Waals surface area (Å²) in [6, 6.07) is 9.48. The summed E-state index contributed by atoms with van der Waals surface area (Å²) in [5.41, 5.74) is 0.792. The molecular formula is C18H20N2O6. The maximum Gasteiger partial charge on any atom is 0.311 e. The Morgan fingerprint density at radius 2 is 1.62 bits per heavy atom. The van der Waals surface area contributed by atoms with Crippen molar-refractivity contribution in [3.63, 3.8) is 0 Å². The summed E-state index contributed by atoms with van der Waals surface area (Å²) in [7, 11) is 6.04. The number of rotatable bonds is 7. The smallest absolute Gasteiger partial charge is 0.311 e. The molecule has 138 valence electrons. The van der Waals surface area contributed by atoms with E-state index in [0.29, 0.717) is 18.0 Å². The average Bonchev–Trinajstić information content (AvgIpc) is 2.66. The largest absolute Gasteiger partial charge is 0.493 e. The fraction of sp³-hybridized carbons (Fsp3) is 0.278. The summed E-state index contributed by atoms with van der Waals surface area (Å²) < 4.78 is 15.4. The van der Waals surface area contributed by atoms with Gasteiger partial charge in [0.2, 0.25) is 0 Å². The Bertz CT molecular complexity index is 821. The van der Waals surface area contributed by atoms with Crippen LogP contribution in [0.1, 0.15) is 15.9 Å². The predicted octanol–water partition coefficient (Wildman–Crippen LogP) is 2.89. The lowest BCUT2D eigenvalue weighted by Crippen LogP contribution is -2.26. The van der Waals surface area contributed by atoms with Crippen LogP contribution in [0, 0.1) is 10.1 Å². The van der Waals surface area contributed by atoms with Crippen LogP contribution in [0.4, 0.5) is 5.69 Å². The number of nitrogens with zero attached hydrogens (tertiary/aromatic N) is 2. The van der Waals surface area contributed by atoms with Crippen molar-refractivity contribution in [1.82, 2.24) is 4.90 Å². The van der Waals surface area contributed by atoms with Crippen LogP contribution < -0.4 is 14.2 Å². The van der Waals surface area contributed by atoms with Crippen LogP contribution in [-0.2, 0) is 6.54 Å². The van der Waals surface area contributed by atoms with Crippen LogP contribution in [0.5, 0.6) is 17.2 Å². The van der Waals surface area contributed by atoms with Crippen molar-refractivity contribution in [1.29, 1.82) is 0 Å². The van der Waals surface area contributed by atoms with Crippen molar-refractivity contribution >= 4 is 11.6 Å². The van der Waals surface area contributed by atoms with Crippen LogP contribution >= 0.6 is 0 Å². The molecule has 2 aromatic carbocycles. The van der Waals surface area contributed by atoms with Gasteiger partial charge in [0.15, 0.2) is 17.2 Å². The van der Waals surface area contributed by atoms with Crippen molar-refractivity contribution in [3.05, 3.63) is 57.6 Å². The first-order chi connectivity index (χ1) is 12.4. The standard InChI is InChI=1S/C18H20N2O6/c1-19(11-12-5-7-16(25-3)17(9-12)26-4)18(21)13-6-8-15(24-2)14(10-13)20(22)23/h5-10H,11H2,1-4H3. The minimum atomic E-state index is -0.579. The third kappa shape index (κ3) is 4.02. The van der Waals surface area contributed by atoms with Crippen LogP contribution in [0.15, 0.2) is 36.4 Å². The monoisotopic (exact) mass is 360 g/mol. The number of methoxy groups -OCH3 is 3. The van der Waals surface area contributed by atoms with Crippen LogP contribution in [0.2, 0.25) is 0 Å². The van der Waals surface area contributed by atoms with Gasteiger partial charge in [0.1, 0.15) is 0 Å². The van der Waals surface area contributed by atoms with Gasteiger partial charge in [0.05, 0.1) is 26.3 Å². The highest BCUT2D eigenvalue weighted by Gasteiger charge is 2.20. The first-order valence-electron chi connectivity index (χ1n) is 7.70. The molecule has 26 heavy (non-hydrogen) atoms. The van der Waals surface area contributed by atoms with E-state index in [1.165, 1.54) is 37.3 Å². The van der Waals surface area contributed by atoms with Gasteiger partial charge in [-0.15, -0.1) is 0 Å². The first-order valence-corrected chi connectivity index (χ1v) is 7.70. The summed E-state index contributed by atoms with van der Waals surface area (Å²) in [6.45, 7) is 0.305. The van der Waals surface area contributed by atoms with Gasteiger partial charge in [-0.25, -0.2) is 0 Å². The molecule has 0 saturated carbocycles. The second-order valence-corrected chi connectivity index (χ2v) is 5.49. The molecule has 0 aromatic heterocycles. The van der Waals surface area contributed by atoms with Crippen LogP contribution in [-0.4, -0.2) is 44.1 Å². The molecule has 0 unspecified atom stereocenters. The van der Waals surface area contributed by atoms with E-state index >= 15 is 0 Å². The number of amides is 1. The molecule has 8 nitrogen and oxygen atoms in total. The predicted molar refractivity (Wildman–Crippen MR) is 95.0 cm³/mol. The summed E-state index contributed by atoms with van der Waals surface area (Å²) in [5, 5.41) is 11.1. The van der Waals surface area contributed by atoms with Gasteiger partial charge in [-0.2, -0.15) is 0 Å². The van der Waals surface area contributed by atoms with E-state index in [1.807, 2.05) is 6.07 Å². The summed E-state index contributed by atoms with van der Waals surface area (Å²) in [5.74, 6) is 0.918. The zero-order valence-corrected chi connectivity index (χ0v) is 15.0. The molecular weight excluding hydrogens is 340 g/mol. The number of hydrogen-bond donors (Lipinski definition) is 0. The number of ether oxygens (including phenoxy) is 3. The topological polar surface area (TPSA) is 91.1 Å². The molecule has 0 aliphatic carbocycles. The van der Waals surface area contributed by atoms with E-state index in [1.54, 1.807) is 26.3 Å². The lowest BCUT2D eigenvalue weighted by Gasteiger charge is -2.18. The van der Waals surface area contributed by atoms with E-state index < -0.39 is 4.92 Å². The molecule has 0 saturated heterocycles. The van der Waals surface area contributed by atoms with E-state index in [0.717, 1.165) is 5.56 Å². The Hall–Kier alpha value is -3.29. The maximum absolute atomic E-state index is 12.6. The van der Waals surface area contributed by atoms with Crippen molar-refractivity contribution in [2.45, 2.75) is 6.54 Å². The summed E-state index contributed by atoms with van der Waals surface area (Å²) >= 11 is 0. The molecule has 2 rings (SSSR count). The van der Waals surface area contributed by atoms with Gasteiger partial charge in [-0.05, 0) is 29.8 Å². The first kappa shape index (κ1) is 19.0. The normalized spacial score (nSPS) is 10.2. The Labute approximate surface area is 151 Å². The van der Waals surface area contributed by atoms with Gasteiger partial charge in [-0.1, -0.05) is 6.07 Å². The highest BCUT2D eigenvalue weighted by Crippen LogP contribution is 2.29. The zero-order chi connectivity index (χ0) is 19.3. The maximum atomic E-state index is 12.6. The molecule has 0 N–H and O–H groups in total. The van der Waals surface area contributed by atoms with Crippen molar-refractivity contribution < 1.29 is 23.9 Å². The fourth-order valence-corrected chi connectivity index (χ4v) is 2.51. The molecule has 0 spiro atoms. The molecule has 8 heteroatoms. The number of carbonyl (C=O) groups is 1. The van der Waals surface area contributed by atoms with Gasteiger partial charge in [0.25, 0.3) is 5.91 Å². The number of benzene rings is 2. The lowest BCUT2D eigenvalue weighted by atomic mass is 10.1. The third-order valence-electron chi connectivity index (χ3n) is 3.84. The molecule has 0 heterocycles. The van der Waals surface area contributed by atoms with Crippen molar-refractivity contribution in [3.8, 4) is 17.2 Å². The SMILES string of the molecule is COc1ccc(CN(C)C(=O)c2ccc(OC)c([N+](=O)[O-])c2)cc1OC. The molecule has 0 aliphatic heterocycles. The van der Waals surface area contributed by atoms with Gasteiger partial charge >= 0.3 is 5.69 Å². The quantitative estimate of drug-likeness (QED) is 0.557. The number of nitro benzene ring substituents is 1. The van der Waals surface area contributed by atoms with Crippen molar-refractivity contribution in [2.24, 2.45) is 0 Å². The fourth-order valence-electron chi connectivity index (χ4n) is 2.51. The molecule has 1 amide bonds. The molecule has 0 atom stereocenters. The summed E-state index contributed by atoms with van der Waals surface area (Å²) in [4.78, 5) is 24.6. The van der Waals surface area contributed by atoms with E-state index in [2.05, 4.69) is 0 Å². The van der Waals surface area contributed by atoms with Crippen LogP contribution in [0.25, 0.3) is 0 Å². The van der Waals surface area contributed by atoms with E-state index in [9.17, 15) is 14.9 Å². The van der Waals surface area contributed by atoms with E-state index in [-0.39, 0.29) is 22.9 Å². The van der Waals surface area contributed by atoms with Crippen LogP contribution in [0.3, 0.4) is 0 Å². The Morgan fingerprint density at radius 1 is 1.00 bits per heavy atom. The number of nitro groups is 1. The van der Waals surface area contributed by atoms with Crippen molar-refractivity contribution in [2.75, 3.05) is 28.4 Å². The Balaban J connectivity index is 2.22. The second kappa shape index (κ2) is 8.19. The minimum Gasteiger partial charge on any atom is -0.493 e. The molecule has 0 aliphatic rings. The molecule has 0 fully saturated rings. The summed E-state index contributed by atoms with van der Waals surface area (Å²) in [6.07, 6.45) is 0. The van der Waals surface area contributed by atoms with Gasteiger partial charge in [-0.3, -0.25) is 14.9 Å². The third-order valence-corrected chi connectivity index (χ3v) is 3.84. The molecule has 0 radical (unpaired) electrons. The Kier molecular flexibility index (Phi) is 6.00. The number of hydrogen-bond acceptors (Lipinski definition) is 6. The second-order valence-electron chi connectivity index (χ2n) is 5.49. The highest BCUT2D eigenvalue weighted by molar-refractivity contribution is 5.95. The lowest BCUT2D eigenvalue weighted by molar-refractivity contribution is -0.385. The molecule has 2 aromatic rings. The van der Waals surface area contributed by atoms with Gasteiger partial charge in [0, 0.05) is 25.2 Å². The highest BCUT2D eigenvalue weighted by atomic mass is 16.6. The van der Waals surface area contributed by atoms with Gasteiger partial charge < -0.3 is 19.1 Å². The van der Waals surface area contributed by atoms with E-state index in [4.69, 9.17) is 14.2 Å². The Morgan fingerprint density at radius 3 is 2.19 bits per heavy atom.